The lowest BCUT2D eigenvalue weighted by molar-refractivity contribution is -0.132. The molecule has 0 aliphatic heterocycles. The number of aryl methyl sites for hydroxylation is 1. The number of carbonyl (C=O) groups is 2. The lowest BCUT2D eigenvalue weighted by Gasteiger charge is -2.39. The van der Waals surface area contributed by atoms with Crippen LogP contribution in [0.1, 0.15) is 61.9 Å². The van der Waals surface area contributed by atoms with Crippen LogP contribution in [0.3, 0.4) is 0 Å². The fourth-order valence-electron chi connectivity index (χ4n) is 3.54. The molecule has 0 aromatic heterocycles. The Morgan fingerprint density at radius 3 is 2.48 bits per heavy atom. The van der Waals surface area contributed by atoms with Crippen LogP contribution in [0, 0.1) is 18.3 Å². The van der Waals surface area contributed by atoms with Crippen LogP contribution in [-0.4, -0.2) is 41.9 Å². The van der Waals surface area contributed by atoms with Gasteiger partial charge in [-0.05, 0) is 57.4 Å². The molecule has 1 fully saturated rings. The first-order valence-electron chi connectivity index (χ1n) is 9.62. The third kappa shape index (κ3) is 5.00. The number of likely N-dealkylation sites (N-methyl/N-ethyl adjacent to an activating group) is 1. The van der Waals surface area contributed by atoms with Gasteiger partial charge in [0.15, 0.2) is 0 Å². The van der Waals surface area contributed by atoms with Crippen molar-refractivity contribution in [2.75, 3.05) is 18.9 Å². The third-order valence-corrected chi connectivity index (χ3v) is 5.24. The second-order valence-corrected chi connectivity index (χ2v) is 7.67. The maximum absolute atomic E-state index is 12.6. The normalized spacial score (nSPS) is 15.7. The molecule has 0 spiro atoms. The van der Waals surface area contributed by atoms with Gasteiger partial charge in [-0.2, -0.15) is 5.26 Å². The summed E-state index contributed by atoms with van der Waals surface area (Å²) in [5.74, 6) is -0.205. The lowest BCUT2D eigenvalue weighted by Crippen LogP contribution is -2.51. The Hall–Kier alpha value is -2.55. The van der Waals surface area contributed by atoms with Gasteiger partial charge in [-0.1, -0.05) is 19.3 Å². The average Bonchev–Trinajstić information content (AvgIpc) is 2.66. The Labute approximate surface area is 161 Å². The summed E-state index contributed by atoms with van der Waals surface area (Å²) < 4.78 is 0. The number of nitriles is 1. The molecule has 1 aromatic carbocycles. The highest BCUT2D eigenvalue weighted by Crippen LogP contribution is 2.32. The molecular formula is C21H30N4O2. The van der Waals surface area contributed by atoms with Gasteiger partial charge in [0.2, 0.25) is 5.91 Å². The Kier molecular flexibility index (Phi) is 6.84. The van der Waals surface area contributed by atoms with Crippen molar-refractivity contribution in [2.24, 2.45) is 0 Å². The molecule has 0 bridgehead atoms. The molecule has 6 heteroatoms. The minimum atomic E-state index is -0.676. The molecule has 0 saturated heterocycles. The zero-order valence-electron chi connectivity index (χ0n) is 16.8. The quantitative estimate of drug-likeness (QED) is 0.805. The van der Waals surface area contributed by atoms with Gasteiger partial charge in [0.1, 0.15) is 5.54 Å². The van der Waals surface area contributed by atoms with E-state index in [9.17, 15) is 14.9 Å². The van der Waals surface area contributed by atoms with E-state index in [4.69, 9.17) is 0 Å². The van der Waals surface area contributed by atoms with E-state index in [0.717, 1.165) is 43.4 Å². The van der Waals surface area contributed by atoms with E-state index in [0.29, 0.717) is 5.56 Å². The second-order valence-electron chi connectivity index (χ2n) is 7.67. The van der Waals surface area contributed by atoms with Gasteiger partial charge in [0, 0.05) is 24.3 Å². The lowest BCUT2D eigenvalue weighted by atomic mass is 9.81. The largest absolute Gasteiger partial charge is 0.376 e. The van der Waals surface area contributed by atoms with Crippen molar-refractivity contribution >= 4 is 17.5 Å². The highest BCUT2D eigenvalue weighted by atomic mass is 16.2. The van der Waals surface area contributed by atoms with Gasteiger partial charge >= 0.3 is 0 Å². The SMILES string of the molecule is Cc1cc(C(=O)NC(C)C)ccc1NCC(=O)N(C)C1(C#N)CCCCC1. The molecule has 0 radical (unpaired) electrons. The summed E-state index contributed by atoms with van der Waals surface area (Å²) >= 11 is 0. The first-order valence-corrected chi connectivity index (χ1v) is 9.62. The summed E-state index contributed by atoms with van der Waals surface area (Å²) in [5.41, 5.74) is 1.63. The molecule has 0 atom stereocenters. The fourth-order valence-corrected chi connectivity index (χ4v) is 3.54. The first kappa shape index (κ1) is 20.8. The van der Waals surface area contributed by atoms with Crippen LogP contribution in [0.2, 0.25) is 0 Å². The van der Waals surface area contributed by atoms with Crippen LogP contribution >= 0.6 is 0 Å². The molecule has 2 rings (SSSR count). The summed E-state index contributed by atoms with van der Waals surface area (Å²) in [6.07, 6.45) is 4.57. The van der Waals surface area contributed by atoms with Crippen LogP contribution in [0.5, 0.6) is 0 Å². The third-order valence-electron chi connectivity index (χ3n) is 5.24. The molecular weight excluding hydrogens is 340 g/mol. The van der Waals surface area contributed by atoms with Crippen LogP contribution < -0.4 is 10.6 Å². The average molecular weight is 370 g/mol. The second kappa shape index (κ2) is 8.90. The number of nitrogens with zero attached hydrogens (tertiary/aromatic N) is 2. The first-order chi connectivity index (χ1) is 12.8. The number of anilines is 1. The zero-order chi connectivity index (χ0) is 20.0. The molecule has 1 aromatic rings. The highest BCUT2D eigenvalue weighted by Gasteiger charge is 2.38. The predicted octanol–water partition coefficient (Wildman–Crippen LogP) is 3.23. The van der Waals surface area contributed by atoms with Crippen LogP contribution in [0.4, 0.5) is 5.69 Å². The predicted molar refractivity (Wildman–Crippen MR) is 106 cm³/mol. The molecule has 0 unspecified atom stereocenters. The van der Waals surface area contributed by atoms with Crippen molar-refractivity contribution in [2.45, 2.75) is 64.5 Å². The summed E-state index contributed by atoms with van der Waals surface area (Å²) in [7, 11) is 1.73. The number of benzene rings is 1. The minimum Gasteiger partial charge on any atom is -0.376 e. The van der Waals surface area contributed by atoms with E-state index < -0.39 is 5.54 Å². The van der Waals surface area contributed by atoms with Gasteiger partial charge in [-0.25, -0.2) is 0 Å². The molecule has 1 aliphatic carbocycles. The van der Waals surface area contributed by atoms with E-state index in [1.807, 2.05) is 32.9 Å². The van der Waals surface area contributed by atoms with Crippen LogP contribution in [-0.2, 0) is 4.79 Å². The van der Waals surface area contributed by atoms with E-state index in [2.05, 4.69) is 16.7 Å². The summed E-state index contributed by atoms with van der Waals surface area (Å²) in [4.78, 5) is 26.3. The van der Waals surface area contributed by atoms with Gasteiger partial charge in [0.05, 0.1) is 12.6 Å². The Bertz CT molecular complexity index is 730. The molecule has 27 heavy (non-hydrogen) atoms. The van der Waals surface area contributed by atoms with Crippen LogP contribution in [0.15, 0.2) is 18.2 Å². The Morgan fingerprint density at radius 1 is 1.26 bits per heavy atom. The van der Waals surface area contributed by atoms with Crippen molar-refractivity contribution in [3.05, 3.63) is 29.3 Å². The molecule has 1 aliphatic rings. The van der Waals surface area contributed by atoms with E-state index in [1.54, 1.807) is 18.0 Å². The smallest absolute Gasteiger partial charge is 0.251 e. The highest BCUT2D eigenvalue weighted by molar-refractivity contribution is 5.95. The topological polar surface area (TPSA) is 85.2 Å². The van der Waals surface area contributed by atoms with Gasteiger partial charge in [-0.15, -0.1) is 0 Å². The van der Waals surface area contributed by atoms with Crippen molar-refractivity contribution in [1.82, 2.24) is 10.2 Å². The van der Waals surface area contributed by atoms with Gasteiger partial charge in [0.25, 0.3) is 5.91 Å². The Balaban J connectivity index is 2.00. The fraction of sp³-hybridized carbons (Fsp3) is 0.571. The Morgan fingerprint density at radius 2 is 1.93 bits per heavy atom. The molecule has 2 N–H and O–H groups in total. The van der Waals surface area contributed by atoms with E-state index >= 15 is 0 Å². The van der Waals surface area contributed by atoms with Crippen molar-refractivity contribution < 1.29 is 9.59 Å². The molecule has 0 heterocycles. The van der Waals surface area contributed by atoms with Gasteiger partial charge in [-0.3, -0.25) is 9.59 Å². The van der Waals surface area contributed by atoms with Crippen LogP contribution in [0.25, 0.3) is 0 Å². The monoisotopic (exact) mass is 370 g/mol. The minimum absolute atomic E-state index is 0.0796. The molecule has 2 amide bonds. The maximum atomic E-state index is 12.6. The number of hydrogen-bond acceptors (Lipinski definition) is 4. The molecule has 146 valence electrons. The summed E-state index contributed by atoms with van der Waals surface area (Å²) in [5, 5.41) is 15.6. The number of hydrogen-bond donors (Lipinski definition) is 2. The van der Waals surface area contributed by atoms with E-state index in [-0.39, 0.29) is 24.4 Å². The molecule has 6 nitrogen and oxygen atoms in total. The zero-order valence-corrected chi connectivity index (χ0v) is 16.8. The number of rotatable bonds is 6. The summed E-state index contributed by atoms with van der Waals surface area (Å²) in [6, 6.07) is 7.83. The number of nitrogens with one attached hydrogen (secondary N) is 2. The number of carbonyl (C=O) groups excluding carboxylic acids is 2. The van der Waals surface area contributed by atoms with Gasteiger partial charge < -0.3 is 15.5 Å². The van der Waals surface area contributed by atoms with E-state index in [1.165, 1.54) is 0 Å². The van der Waals surface area contributed by atoms with Crippen molar-refractivity contribution in [1.29, 1.82) is 5.26 Å². The number of amides is 2. The van der Waals surface area contributed by atoms with Crippen molar-refractivity contribution in [3.8, 4) is 6.07 Å². The van der Waals surface area contributed by atoms with Crippen molar-refractivity contribution in [3.63, 3.8) is 0 Å². The maximum Gasteiger partial charge on any atom is 0.251 e. The molecule has 1 saturated carbocycles. The standard InChI is InChI=1S/C21H30N4O2/c1-15(2)24-20(27)17-8-9-18(16(3)12-17)23-13-19(26)25(4)21(14-22)10-6-5-7-11-21/h8-9,12,15,23H,5-7,10-11,13H2,1-4H3,(H,24,27). The summed E-state index contributed by atoms with van der Waals surface area (Å²) in [6.45, 7) is 5.87.